The fourth-order valence-corrected chi connectivity index (χ4v) is 2.13. The number of hydrogen-bond donors (Lipinski definition) is 0. The minimum atomic E-state index is 0.220. The molecule has 1 saturated heterocycles. The van der Waals surface area contributed by atoms with E-state index in [9.17, 15) is 0 Å². The predicted molar refractivity (Wildman–Crippen MR) is 70.9 cm³/mol. The van der Waals surface area contributed by atoms with E-state index in [0.29, 0.717) is 17.5 Å². The summed E-state index contributed by atoms with van der Waals surface area (Å²) in [6.45, 7) is 6.15. The van der Waals surface area contributed by atoms with Gasteiger partial charge in [-0.2, -0.15) is 0 Å². The van der Waals surface area contributed by atoms with Gasteiger partial charge in [-0.1, -0.05) is 13.8 Å². The highest BCUT2D eigenvalue weighted by molar-refractivity contribution is 5.49. The van der Waals surface area contributed by atoms with Crippen molar-refractivity contribution in [3.63, 3.8) is 0 Å². The van der Waals surface area contributed by atoms with Gasteiger partial charge >= 0.3 is 0 Å². The first-order valence-electron chi connectivity index (χ1n) is 6.66. The molecule has 0 bridgehead atoms. The third-order valence-corrected chi connectivity index (χ3v) is 3.23. The molecule has 1 aliphatic heterocycles. The van der Waals surface area contributed by atoms with E-state index >= 15 is 0 Å². The predicted octanol–water partition coefficient (Wildman–Crippen LogP) is 2.25. The maximum atomic E-state index is 5.56. The molecule has 6 nitrogen and oxygen atoms in total. The molecule has 6 heteroatoms. The number of anilines is 1. The molecule has 1 aliphatic rings. The zero-order valence-corrected chi connectivity index (χ0v) is 11.2. The molecule has 0 atom stereocenters. The molecule has 0 radical (unpaired) electrons. The maximum absolute atomic E-state index is 5.56. The van der Waals surface area contributed by atoms with Crippen LogP contribution in [0.3, 0.4) is 0 Å². The van der Waals surface area contributed by atoms with Crippen molar-refractivity contribution >= 4 is 5.82 Å². The molecule has 0 spiro atoms. The monoisotopic (exact) mass is 259 g/mol. The number of hydrogen-bond acceptors (Lipinski definition) is 6. The van der Waals surface area contributed by atoms with E-state index in [1.54, 1.807) is 0 Å². The van der Waals surface area contributed by atoms with Crippen LogP contribution in [0.2, 0.25) is 0 Å². The molecule has 3 heterocycles. The summed E-state index contributed by atoms with van der Waals surface area (Å²) in [6, 6.07) is 3.85. The van der Waals surface area contributed by atoms with Crippen LogP contribution in [0.4, 0.5) is 5.82 Å². The second-order valence-electron chi connectivity index (χ2n) is 5.07. The van der Waals surface area contributed by atoms with Crippen LogP contribution in [0.25, 0.3) is 11.6 Å². The second-order valence-corrected chi connectivity index (χ2v) is 5.07. The molecule has 1 fully saturated rings. The maximum Gasteiger partial charge on any atom is 0.268 e. The summed E-state index contributed by atoms with van der Waals surface area (Å²) < 4.78 is 5.56. The minimum Gasteiger partial charge on any atom is -0.419 e. The van der Waals surface area contributed by atoms with Crippen LogP contribution in [0.1, 0.15) is 38.5 Å². The van der Waals surface area contributed by atoms with Crippen molar-refractivity contribution in [3.05, 3.63) is 18.0 Å². The van der Waals surface area contributed by atoms with Gasteiger partial charge in [0.1, 0.15) is 5.69 Å². The quantitative estimate of drug-likeness (QED) is 0.842. The van der Waals surface area contributed by atoms with Crippen molar-refractivity contribution in [2.75, 3.05) is 18.0 Å². The molecule has 19 heavy (non-hydrogen) atoms. The summed E-state index contributed by atoms with van der Waals surface area (Å²) in [5.74, 6) is 2.20. The van der Waals surface area contributed by atoms with E-state index in [-0.39, 0.29) is 5.92 Å². The van der Waals surface area contributed by atoms with Crippen LogP contribution >= 0.6 is 0 Å². The molecule has 0 aliphatic carbocycles. The van der Waals surface area contributed by atoms with Crippen LogP contribution in [0.5, 0.6) is 0 Å². The first-order valence-corrected chi connectivity index (χ1v) is 6.66. The molecule has 0 unspecified atom stereocenters. The van der Waals surface area contributed by atoms with E-state index in [2.05, 4.69) is 25.3 Å². The highest BCUT2D eigenvalue weighted by Crippen LogP contribution is 2.22. The molecule has 2 aromatic heterocycles. The SMILES string of the molecule is CC(C)c1nnc(-c2ccc(N3CCCC3)nn2)o1. The normalized spacial score (nSPS) is 15.4. The third kappa shape index (κ3) is 2.43. The summed E-state index contributed by atoms with van der Waals surface area (Å²) in [7, 11) is 0. The van der Waals surface area contributed by atoms with Crippen molar-refractivity contribution in [2.45, 2.75) is 32.6 Å². The third-order valence-electron chi connectivity index (χ3n) is 3.23. The van der Waals surface area contributed by atoms with Gasteiger partial charge in [0.25, 0.3) is 5.89 Å². The summed E-state index contributed by atoms with van der Waals surface area (Å²) in [4.78, 5) is 2.24. The Kier molecular flexibility index (Phi) is 3.15. The Morgan fingerprint density at radius 2 is 1.84 bits per heavy atom. The Morgan fingerprint density at radius 3 is 2.42 bits per heavy atom. The average Bonchev–Trinajstić information content (AvgIpc) is 3.11. The fraction of sp³-hybridized carbons (Fsp3) is 0.538. The summed E-state index contributed by atoms with van der Waals surface area (Å²) in [5.41, 5.74) is 0.627. The van der Waals surface area contributed by atoms with Gasteiger partial charge in [-0.15, -0.1) is 20.4 Å². The fourth-order valence-electron chi connectivity index (χ4n) is 2.13. The zero-order chi connectivity index (χ0) is 13.2. The standard InChI is InChI=1S/C13H17N5O/c1-9(2)12-16-17-13(19-12)10-5-6-11(15-14-10)18-7-3-4-8-18/h5-6,9H,3-4,7-8H2,1-2H3. The Bertz CT molecular complexity index is 542. The molecule has 0 aromatic carbocycles. The number of rotatable bonds is 3. The van der Waals surface area contributed by atoms with Gasteiger partial charge in [0.2, 0.25) is 5.89 Å². The zero-order valence-electron chi connectivity index (χ0n) is 11.2. The van der Waals surface area contributed by atoms with E-state index < -0.39 is 0 Å². The summed E-state index contributed by atoms with van der Waals surface area (Å²) in [5, 5.41) is 16.4. The molecule has 2 aromatic rings. The minimum absolute atomic E-state index is 0.220. The van der Waals surface area contributed by atoms with Gasteiger partial charge in [0.15, 0.2) is 5.82 Å². The second kappa shape index (κ2) is 4.95. The summed E-state index contributed by atoms with van der Waals surface area (Å²) in [6.07, 6.45) is 2.45. The number of nitrogens with zero attached hydrogens (tertiary/aromatic N) is 5. The van der Waals surface area contributed by atoms with Crippen molar-refractivity contribution in [1.29, 1.82) is 0 Å². The Balaban J connectivity index is 1.81. The van der Waals surface area contributed by atoms with Crippen LogP contribution in [-0.4, -0.2) is 33.5 Å². The lowest BCUT2D eigenvalue weighted by molar-refractivity contribution is 0.479. The largest absolute Gasteiger partial charge is 0.419 e. The van der Waals surface area contributed by atoms with Gasteiger partial charge in [-0.05, 0) is 25.0 Å². The first kappa shape index (κ1) is 12.1. The Morgan fingerprint density at radius 1 is 1.05 bits per heavy atom. The van der Waals surface area contributed by atoms with Crippen LogP contribution in [0.15, 0.2) is 16.5 Å². The molecular formula is C13H17N5O. The van der Waals surface area contributed by atoms with Gasteiger partial charge in [-0.25, -0.2) is 0 Å². The lowest BCUT2D eigenvalue weighted by Gasteiger charge is -2.14. The topological polar surface area (TPSA) is 67.9 Å². The summed E-state index contributed by atoms with van der Waals surface area (Å²) >= 11 is 0. The van der Waals surface area contributed by atoms with Crippen molar-refractivity contribution < 1.29 is 4.42 Å². The lowest BCUT2D eigenvalue weighted by Crippen LogP contribution is -2.19. The van der Waals surface area contributed by atoms with Crippen LogP contribution in [-0.2, 0) is 0 Å². The lowest BCUT2D eigenvalue weighted by atomic mass is 10.2. The van der Waals surface area contributed by atoms with E-state index in [4.69, 9.17) is 4.42 Å². The van der Waals surface area contributed by atoms with Crippen LogP contribution < -0.4 is 4.90 Å². The van der Waals surface area contributed by atoms with Crippen molar-refractivity contribution in [3.8, 4) is 11.6 Å². The van der Waals surface area contributed by atoms with E-state index in [1.165, 1.54) is 12.8 Å². The van der Waals surface area contributed by atoms with Gasteiger partial charge in [0, 0.05) is 19.0 Å². The van der Waals surface area contributed by atoms with Gasteiger partial charge in [-0.3, -0.25) is 0 Å². The highest BCUT2D eigenvalue weighted by Gasteiger charge is 2.16. The molecule has 0 saturated carbocycles. The molecule has 100 valence electrons. The average molecular weight is 259 g/mol. The van der Waals surface area contributed by atoms with Crippen LogP contribution in [0, 0.1) is 0 Å². The molecule has 0 N–H and O–H groups in total. The Labute approximate surface area is 111 Å². The molecular weight excluding hydrogens is 242 g/mol. The molecule has 0 amide bonds. The van der Waals surface area contributed by atoms with E-state index in [1.807, 2.05) is 26.0 Å². The van der Waals surface area contributed by atoms with Crippen molar-refractivity contribution in [2.24, 2.45) is 0 Å². The highest BCUT2D eigenvalue weighted by atomic mass is 16.4. The molecule has 3 rings (SSSR count). The smallest absolute Gasteiger partial charge is 0.268 e. The first-order chi connectivity index (χ1) is 9.24. The Hall–Kier alpha value is -1.98. The van der Waals surface area contributed by atoms with Gasteiger partial charge < -0.3 is 9.32 Å². The number of aromatic nitrogens is 4. The van der Waals surface area contributed by atoms with E-state index in [0.717, 1.165) is 18.9 Å². The van der Waals surface area contributed by atoms with Gasteiger partial charge in [0.05, 0.1) is 0 Å². The van der Waals surface area contributed by atoms with Crippen molar-refractivity contribution in [1.82, 2.24) is 20.4 Å².